The van der Waals surface area contributed by atoms with Crippen LogP contribution in [0, 0.1) is 17.6 Å². The molecule has 1 aromatic rings. The lowest BCUT2D eigenvalue weighted by Crippen LogP contribution is -2.32. The second-order valence-corrected chi connectivity index (χ2v) is 4.81. The van der Waals surface area contributed by atoms with Gasteiger partial charge in [-0.05, 0) is 24.9 Å². The van der Waals surface area contributed by atoms with E-state index in [1.807, 2.05) is 0 Å². The molecule has 1 aromatic carbocycles. The van der Waals surface area contributed by atoms with Crippen LogP contribution in [0.5, 0.6) is 0 Å². The van der Waals surface area contributed by atoms with Gasteiger partial charge in [-0.3, -0.25) is 4.90 Å². The molecule has 2 nitrogen and oxygen atoms in total. The summed E-state index contributed by atoms with van der Waals surface area (Å²) in [5.74, 6) is -0.427. The van der Waals surface area contributed by atoms with Crippen molar-refractivity contribution in [3.8, 4) is 0 Å². The Morgan fingerprint density at radius 2 is 2.24 bits per heavy atom. The maximum Gasteiger partial charge on any atom is 0.130 e. The highest BCUT2D eigenvalue weighted by Gasteiger charge is 2.27. The van der Waals surface area contributed by atoms with Crippen molar-refractivity contribution in [2.75, 3.05) is 19.6 Å². The van der Waals surface area contributed by atoms with Crippen molar-refractivity contribution in [2.24, 2.45) is 11.7 Å². The lowest BCUT2D eigenvalue weighted by molar-refractivity contribution is 0.238. The minimum atomic E-state index is -0.545. The van der Waals surface area contributed by atoms with Gasteiger partial charge in [0.25, 0.3) is 0 Å². The summed E-state index contributed by atoms with van der Waals surface area (Å²) in [5, 5.41) is 0. The van der Waals surface area contributed by atoms with E-state index in [0.29, 0.717) is 18.0 Å². The van der Waals surface area contributed by atoms with Gasteiger partial charge < -0.3 is 5.73 Å². The van der Waals surface area contributed by atoms with Crippen molar-refractivity contribution in [3.63, 3.8) is 0 Å². The van der Waals surface area contributed by atoms with E-state index >= 15 is 0 Å². The number of likely N-dealkylation sites (tertiary alicyclic amines) is 1. The predicted molar refractivity (Wildman–Crippen MR) is 63.5 cm³/mol. The Bertz CT molecular complexity index is 395. The van der Waals surface area contributed by atoms with Crippen molar-refractivity contribution < 1.29 is 8.78 Å². The summed E-state index contributed by atoms with van der Waals surface area (Å²) < 4.78 is 26.6. The highest BCUT2D eigenvalue weighted by atomic mass is 19.1. The molecule has 2 unspecified atom stereocenters. The first kappa shape index (κ1) is 12.5. The molecule has 0 aliphatic carbocycles. The van der Waals surface area contributed by atoms with Gasteiger partial charge in [0.2, 0.25) is 0 Å². The molecule has 2 atom stereocenters. The Kier molecular flexibility index (Phi) is 3.74. The predicted octanol–water partition coefficient (Wildman–Crippen LogP) is 2.31. The second kappa shape index (κ2) is 5.10. The fraction of sp³-hybridized carbons (Fsp3) is 0.538. The zero-order chi connectivity index (χ0) is 12.4. The third-order valence-electron chi connectivity index (χ3n) is 3.44. The first-order valence-corrected chi connectivity index (χ1v) is 6.01. The summed E-state index contributed by atoms with van der Waals surface area (Å²) in [4.78, 5) is 2.18. The summed E-state index contributed by atoms with van der Waals surface area (Å²) in [7, 11) is 0. The minimum absolute atomic E-state index is 0.138. The van der Waals surface area contributed by atoms with Crippen molar-refractivity contribution in [3.05, 3.63) is 35.4 Å². The molecule has 0 radical (unpaired) electrons. The number of benzene rings is 1. The van der Waals surface area contributed by atoms with Crippen LogP contribution in [0.2, 0.25) is 0 Å². The molecule has 0 amide bonds. The summed E-state index contributed by atoms with van der Waals surface area (Å²) in [6, 6.07) is 3.59. The molecule has 1 fully saturated rings. The van der Waals surface area contributed by atoms with Crippen LogP contribution in [0.25, 0.3) is 0 Å². The Morgan fingerprint density at radius 3 is 2.76 bits per heavy atom. The monoisotopic (exact) mass is 240 g/mol. The first-order chi connectivity index (χ1) is 8.11. The fourth-order valence-corrected chi connectivity index (χ4v) is 2.50. The molecule has 0 aromatic heterocycles. The van der Waals surface area contributed by atoms with Crippen LogP contribution in [0.4, 0.5) is 8.78 Å². The molecule has 2 rings (SSSR count). The molecule has 2 N–H and O–H groups in total. The largest absolute Gasteiger partial charge is 0.329 e. The van der Waals surface area contributed by atoms with E-state index < -0.39 is 11.6 Å². The van der Waals surface area contributed by atoms with Gasteiger partial charge in [-0.1, -0.05) is 13.0 Å². The van der Waals surface area contributed by atoms with E-state index in [1.54, 1.807) is 0 Å². The van der Waals surface area contributed by atoms with E-state index in [4.69, 9.17) is 5.73 Å². The van der Waals surface area contributed by atoms with Gasteiger partial charge in [0.05, 0.1) is 0 Å². The second-order valence-electron chi connectivity index (χ2n) is 4.81. The van der Waals surface area contributed by atoms with E-state index in [0.717, 1.165) is 25.6 Å². The number of nitrogens with zero attached hydrogens (tertiary/aromatic N) is 1. The lowest BCUT2D eigenvalue weighted by Gasteiger charge is -2.27. The van der Waals surface area contributed by atoms with Gasteiger partial charge in [-0.25, -0.2) is 8.78 Å². The molecular weight excluding hydrogens is 222 g/mol. The summed E-state index contributed by atoms with van der Waals surface area (Å²) in [6.07, 6.45) is 1.11. The molecule has 94 valence electrons. The summed E-state index contributed by atoms with van der Waals surface area (Å²) in [6.45, 7) is 4.39. The maximum atomic E-state index is 13.7. The molecular formula is C13H18F2N2. The standard InChI is InChI=1S/C13H18F2N2/c1-9-4-5-17(8-9)13(7-16)11-3-2-10(14)6-12(11)15/h2-3,6,9,13H,4-5,7-8,16H2,1H3. The maximum absolute atomic E-state index is 13.7. The highest BCUT2D eigenvalue weighted by Crippen LogP contribution is 2.28. The molecule has 1 saturated heterocycles. The van der Waals surface area contributed by atoms with Crippen LogP contribution in [0.3, 0.4) is 0 Å². The zero-order valence-corrected chi connectivity index (χ0v) is 10.00. The van der Waals surface area contributed by atoms with Crippen LogP contribution in [0.15, 0.2) is 18.2 Å². The number of hydrogen-bond acceptors (Lipinski definition) is 2. The minimum Gasteiger partial charge on any atom is -0.329 e. The third kappa shape index (κ3) is 2.64. The number of nitrogens with two attached hydrogens (primary N) is 1. The molecule has 1 heterocycles. The smallest absolute Gasteiger partial charge is 0.130 e. The average Bonchev–Trinajstić information content (AvgIpc) is 2.69. The van der Waals surface area contributed by atoms with Crippen molar-refractivity contribution in [2.45, 2.75) is 19.4 Å². The lowest BCUT2D eigenvalue weighted by atomic mass is 10.0. The van der Waals surface area contributed by atoms with Crippen LogP contribution in [0.1, 0.15) is 24.9 Å². The van der Waals surface area contributed by atoms with Gasteiger partial charge in [0.1, 0.15) is 11.6 Å². The molecule has 1 aliphatic rings. The van der Waals surface area contributed by atoms with Crippen LogP contribution >= 0.6 is 0 Å². The van der Waals surface area contributed by atoms with E-state index in [9.17, 15) is 8.78 Å². The molecule has 0 spiro atoms. The molecule has 17 heavy (non-hydrogen) atoms. The molecule has 4 heteroatoms. The molecule has 0 bridgehead atoms. The average molecular weight is 240 g/mol. The normalized spacial score (nSPS) is 22.9. The Hall–Kier alpha value is -1.00. The van der Waals surface area contributed by atoms with Crippen molar-refractivity contribution in [1.82, 2.24) is 4.90 Å². The van der Waals surface area contributed by atoms with Crippen LogP contribution in [-0.4, -0.2) is 24.5 Å². The molecule has 0 saturated carbocycles. The number of hydrogen-bond donors (Lipinski definition) is 1. The first-order valence-electron chi connectivity index (χ1n) is 6.01. The quantitative estimate of drug-likeness (QED) is 0.878. The zero-order valence-electron chi connectivity index (χ0n) is 10.00. The van der Waals surface area contributed by atoms with Gasteiger partial charge in [0, 0.05) is 30.8 Å². The van der Waals surface area contributed by atoms with Crippen molar-refractivity contribution in [1.29, 1.82) is 0 Å². The number of halogens is 2. The van der Waals surface area contributed by atoms with Crippen molar-refractivity contribution >= 4 is 0 Å². The highest BCUT2D eigenvalue weighted by molar-refractivity contribution is 5.23. The Morgan fingerprint density at radius 1 is 1.47 bits per heavy atom. The third-order valence-corrected chi connectivity index (χ3v) is 3.44. The van der Waals surface area contributed by atoms with E-state index in [1.165, 1.54) is 12.1 Å². The fourth-order valence-electron chi connectivity index (χ4n) is 2.50. The van der Waals surface area contributed by atoms with Gasteiger partial charge in [0.15, 0.2) is 0 Å². The summed E-state index contributed by atoms with van der Waals surface area (Å²) in [5.41, 5.74) is 6.24. The topological polar surface area (TPSA) is 29.3 Å². The number of rotatable bonds is 3. The molecule has 1 aliphatic heterocycles. The van der Waals surface area contributed by atoms with Gasteiger partial charge in [-0.2, -0.15) is 0 Å². The SMILES string of the molecule is CC1CCN(C(CN)c2ccc(F)cc2F)C1. The Balaban J connectivity index is 2.23. The van der Waals surface area contributed by atoms with E-state index in [-0.39, 0.29) is 6.04 Å². The van der Waals surface area contributed by atoms with E-state index in [2.05, 4.69) is 11.8 Å². The van der Waals surface area contributed by atoms with Crippen LogP contribution in [-0.2, 0) is 0 Å². The van der Waals surface area contributed by atoms with Gasteiger partial charge in [-0.15, -0.1) is 0 Å². The Labute approximate surface area is 100 Å². The van der Waals surface area contributed by atoms with Gasteiger partial charge >= 0.3 is 0 Å². The summed E-state index contributed by atoms with van der Waals surface area (Å²) >= 11 is 0. The van der Waals surface area contributed by atoms with Crippen LogP contribution < -0.4 is 5.73 Å².